The maximum atomic E-state index is 12.0. The van der Waals surface area contributed by atoms with E-state index in [9.17, 15) is 4.79 Å². The number of carbonyl (C=O) groups is 1. The summed E-state index contributed by atoms with van der Waals surface area (Å²) < 4.78 is 6.07. The van der Waals surface area contributed by atoms with Gasteiger partial charge in [-0.15, -0.1) is 0 Å². The maximum absolute atomic E-state index is 12.0. The second-order valence-corrected chi connectivity index (χ2v) is 4.97. The molecule has 0 unspecified atom stereocenters. The highest BCUT2D eigenvalue weighted by Crippen LogP contribution is 2.26. The molecule has 0 saturated carbocycles. The average molecular weight is 299 g/mol. The van der Waals surface area contributed by atoms with E-state index in [0.717, 1.165) is 23.0 Å². The van der Waals surface area contributed by atoms with Crippen molar-refractivity contribution in [2.75, 3.05) is 24.3 Å². The molecule has 0 atom stereocenters. The standard InChI is InChI=1S/C12H15BrN2O2/c13-10-2-1-9(14)7-11(10)15-12(16)8-3-5-17-6-4-8/h1-2,7-8H,3-6,14H2,(H,15,16). The zero-order valence-electron chi connectivity index (χ0n) is 9.41. The number of nitrogen functional groups attached to an aromatic ring is 1. The molecule has 1 saturated heterocycles. The Kier molecular flexibility index (Phi) is 4.02. The van der Waals surface area contributed by atoms with Crippen LogP contribution < -0.4 is 11.1 Å². The van der Waals surface area contributed by atoms with E-state index in [1.165, 1.54) is 0 Å². The lowest BCUT2D eigenvalue weighted by Gasteiger charge is -2.21. The number of halogens is 1. The number of benzene rings is 1. The van der Waals surface area contributed by atoms with Crippen molar-refractivity contribution in [3.63, 3.8) is 0 Å². The van der Waals surface area contributed by atoms with Crippen molar-refractivity contribution in [1.82, 2.24) is 0 Å². The summed E-state index contributed by atoms with van der Waals surface area (Å²) in [7, 11) is 0. The van der Waals surface area contributed by atoms with E-state index in [4.69, 9.17) is 10.5 Å². The minimum atomic E-state index is 0.0390. The zero-order chi connectivity index (χ0) is 12.3. The van der Waals surface area contributed by atoms with Crippen LogP contribution in [0.2, 0.25) is 0 Å². The van der Waals surface area contributed by atoms with Crippen molar-refractivity contribution in [2.24, 2.45) is 5.92 Å². The second-order valence-electron chi connectivity index (χ2n) is 4.12. The fourth-order valence-corrected chi connectivity index (χ4v) is 2.18. The minimum absolute atomic E-state index is 0.0390. The van der Waals surface area contributed by atoms with Gasteiger partial charge in [0.25, 0.3) is 0 Å². The summed E-state index contributed by atoms with van der Waals surface area (Å²) in [5.41, 5.74) is 7.05. The van der Waals surface area contributed by atoms with E-state index in [-0.39, 0.29) is 11.8 Å². The quantitative estimate of drug-likeness (QED) is 0.824. The summed E-state index contributed by atoms with van der Waals surface area (Å²) in [6.07, 6.45) is 1.57. The van der Waals surface area contributed by atoms with E-state index in [0.29, 0.717) is 18.9 Å². The van der Waals surface area contributed by atoms with Crippen LogP contribution >= 0.6 is 15.9 Å². The molecule has 1 aliphatic heterocycles. The molecule has 4 nitrogen and oxygen atoms in total. The highest BCUT2D eigenvalue weighted by Gasteiger charge is 2.21. The van der Waals surface area contributed by atoms with Gasteiger partial charge in [0.05, 0.1) is 5.69 Å². The number of hydrogen-bond donors (Lipinski definition) is 2. The molecule has 1 aromatic rings. The molecule has 1 heterocycles. The largest absolute Gasteiger partial charge is 0.399 e. The molecular formula is C12H15BrN2O2. The second kappa shape index (κ2) is 5.51. The lowest BCUT2D eigenvalue weighted by atomic mass is 9.99. The lowest BCUT2D eigenvalue weighted by Crippen LogP contribution is -2.28. The van der Waals surface area contributed by atoms with Crippen LogP contribution in [0.5, 0.6) is 0 Å². The Bertz CT molecular complexity index is 417. The van der Waals surface area contributed by atoms with Gasteiger partial charge in [0.15, 0.2) is 0 Å². The van der Waals surface area contributed by atoms with Crippen LogP contribution in [0.15, 0.2) is 22.7 Å². The molecule has 0 bridgehead atoms. The summed E-state index contributed by atoms with van der Waals surface area (Å²) >= 11 is 3.39. The van der Waals surface area contributed by atoms with Gasteiger partial charge >= 0.3 is 0 Å². The Hall–Kier alpha value is -1.07. The molecule has 0 aromatic heterocycles. The normalized spacial score (nSPS) is 16.8. The predicted molar refractivity (Wildman–Crippen MR) is 70.7 cm³/mol. The van der Waals surface area contributed by atoms with Crippen molar-refractivity contribution in [1.29, 1.82) is 0 Å². The summed E-state index contributed by atoms with van der Waals surface area (Å²) in [6, 6.07) is 5.37. The molecule has 2 rings (SSSR count). The third-order valence-electron chi connectivity index (χ3n) is 2.84. The van der Waals surface area contributed by atoms with Crippen molar-refractivity contribution in [2.45, 2.75) is 12.8 Å². The Morgan fingerprint density at radius 3 is 2.82 bits per heavy atom. The highest BCUT2D eigenvalue weighted by atomic mass is 79.9. The summed E-state index contributed by atoms with van der Waals surface area (Å²) in [4.78, 5) is 12.0. The Labute approximate surface area is 109 Å². The van der Waals surface area contributed by atoms with Gasteiger partial charge in [0, 0.05) is 29.3 Å². The Balaban J connectivity index is 2.04. The first-order valence-electron chi connectivity index (χ1n) is 5.60. The molecule has 3 N–H and O–H groups in total. The molecule has 1 amide bonds. The summed E-state index contributed by atoms with van der Waals surface area (Å²) in [5.74, 6) is 0.0803. The van der Waals surface area contributed by atoms with Gasteiger partial charge in [-0.3, -0.25) is 4.79 Å². The fourth-order valence-electron chi connectivity index (χ4n) is 1.83. The minimum Gasteiger partial charge on any atom is -0.399 e. The van der Waals surface area contributed by atoms with Gasteiger partial charge in [-0.1, -0.05) is 0 Å². The predicted octanol–water partition coefficient (Wildman–Crippen LogP) is 2.40. The SMILES string of the molecule is Nc1ccc(Br)c(NC(=O)C2CCOCC2)c1. The Morgan fingerprint density at radius 1 is 1.41 bits per heavy atom. The van der Waals surface area contributed by atoms with Gasteiger partial charge in [-0.25, -0.2) is 0 Å². The third kappa shape index (κ3) is 3.20. The van der Waals surface area contributed by atoms with Gasteiger partial charge < -0.3 is 15.8 Å². The highest BCUT2D eigenvalue weighted by molar-refractivity contribution is 9.10. The first-order valence-corrected chi connectivity index (χ1v) is 6.40. The molecule has 5 heteroatoms. The lowest BCUT2D eigenvalue weighted by molar-refractivity contribution is -0.122. The Morgan fingerprint density at radius 2 is 2.12 bits per heavy atom. The van der Waals surface area contributed by atoms with Crippen LogP contribution in [0, 0.1) is 5.92 Å². The van der Waals surface area contributed by atoms with E-state index < -0.39 is 0 Å². The number of nitrogens with two attached hydrogens (primary N) is 1. The average Bonchev–Trinajstić information content (AvgIpc) is 2.35. The van der Waals surface area contributed by atoms with Gasteiger partial charge in [0.1, 0.15) is 0 Å². The third-order valence-corrected chi connectivity index (χ3v) is 3.53. The van der Waals surface area contributed by atoms with Crippen molar-refractivity contribution >= 4 is 33.2 Å². The molecule has 1 fully saturated rings. The van der Waals surface area contributed by atoms with Crippen molar-refractivity contribution < 1.29 is 9.53 Å². The van der Waals surface area contributed by atoms with E-state index in [1.807, 2.05) is 6.07 Å². The van der Waals surface area contributed by atoms with Crippen molar-refractivity contribution in [3.05, 3.63) is 22.7 Å². The smallest absolute Gasteiger partial charge is 0.227 e. The number of carbonyl (C=O) groups excluding carboxylic acids is 1. The van der Waals surface area contributed by atoms with Crippen LogP contribution in [-0.4, -0.2) is 19.1 Å². The molecule has 92 valence electrons. The molecule has 0 radical (unpaired) electrons. The number of hydrogen-bond acceptors (Lipinski definition) is 3. The first kappa shape index (κ1) is 12.4. The zero-order valence-corrected chi connectivity index (χ0v) is 11.0. The molecule has 0 spiro atoms. The molecule has 17 heavy (non-hydrogen) atoms. The van der Waals surface area contributed by atoms with Crippen LogP contribution in [0.4, 0.5) is 11.4 Å². The maximum Gasteiger partial charge on any atom is 0.227 e. The van der Waals surface area contributed by atoms with E-state index in [1.54, 1.807) is 12.1 Å². The number of ether oxygens (including phenoxy) is 1. The topological polar surface area (TPSA) is 64.3 Å². The molecule has 1 aromatic carbocycles. The van der Waals surface area contributed by atoms with Crippen LogP contribution in [-0.2, 0) is 9.53 Å². The van der Waals surface area contributed by atoms with Gasteiger partial charge in [0.2, 0.25) is 5.91 Å². The molecule has 1 aliphatic rings. The van der Waals surface area contributed by atoms with E-state index >= 15 is 0 Å². The van der Waals surface area contributed by atoms with E-state index in [2.05, 4.69) is 21.2 Å². The fraction of sp³-hybridized carbons (Fsp3) is 0.417. The molecular weight excluding hydrogens is 284 g/mol. The van der Waals surface area contributed by atoms with Gasteiger partial charge in [-0.2, -0.15) is 0 Å². The number of rotatable bonds is 2. The number of anilines is 2. The number of nitrogens with one attached hydrogen (secondary N) is 1. The molecule has 0 aliphatic carbocycles. The van der Waals surface area contributed by atoms with Crippen LogP contribution in [0.3, 0.4) is 0 Å². The summed E-state index contributed by atoms with van der Waals surface area (Å²) in [6.45, 7) is 1.33. The van der Waals surface area contributed by atoms with Crippen molar-refractivity contribution in [3.8, 4) is 0 Å². The van der Waals surface area contributed by atoms with Gasteiger partial charge in [-0.05, 0) is 47.0 Å². The monoisotopic (exact) mass is 298 g/mol. The first-order chi connectivity index (χ1) is 8.16. The summed E-state index contributed by atoms with van der Waals surface area (Å²) in [5, 5.41) is 2.90. The number of amides is 1. The van der Waals surface area contributed by atoms with Crippen LogP contribution in [0.25, 0.3) is 0 Å². The van der Waals surface area contributed by atoms with Crippen LogP contribution in [0.1, 0.15) is 12.8 Å².